The summed E-state index contributed by atoms with van der Waals surface area (Å²) in [6.07, 6.45) is 1.66. The zero-order chi connectivity index (χ0) is 8.48. The highest BCUT2D eigenvalue weighted by molar-refractivity contribution is 4.84. The molecule has 0 amide bonds. The second-order valence-electron chi connectivity index (χ2n) is 4.26. The predicted molar refractivity (Wildman–Crippen MR) is 46.7 cm³/mol. The van der Waals surface area contributed by atoms with Crippen molar-refractivity contribution in [2.45, 2.75) is 38.8 Å². The van der Waals surface area contributed by atoms with Crippen LogP contribution in [0.25, 0.3) is 0 Å². The molecule has 1 rings (SSSR count). The van der Waals surface area contributed by atoms with Gasteiger partial charge >= 0.3 is 0 Å². The Hall–Kier alpha value is -0.0800. The third-order valence-electron chi connectivity index (χ3n) is 2.43. The highest BCUT2D eigenvalue weighted by Gasteiger charge is 2.29. The lowest BCUT2D eigenvalue weighted by atomic mass is 10.1. The number of hydrogen-bond acceptors (Lipinski definition) is 2. The Morgan fingerprint density at radius 2 is 2.00 bits per heavy atom. The second kappa shape index (κ2) is 3.11. The molecule has 2 nitrogen and oxygen atoms in total. The van der Waals surface area contributed by atoms with E-state index in [4.69, 9.17) is 4.74 Å². The van der Waals surface area contributed by atoms with Gasteiger partial charge in [0.25, 0.3) is 0 Å². The Labute approximate surface area is 69.5 Å². The van der Waals surface area contributed by atoms with Crippen LogP contribution in [-0.4, -0.2) is 36.7 Å². The summed E-state index contributed by atoms with van der Waals surface area (Å²) in [5, 5.41) is 0. The number of hydrogen-bond donors (Lipinski definition) is 0. The molecule has 0 aromatic carbocycles. The van der Waals surface area contributed by atoms with Gasteiger partial charge in [-0.05, 0) is 27.2 Å². The molecule has 0 saturated carbocycles. The summed E-state index contributed by atoms with van der Waals surface area (Å²) >= 11 is 0. The van der Waals surface area contributed by atoms with Crippen molar-refractivity contribution in [3.63, 3.8) is 0 Å². The largest absolute Gasteiger partial charge is 0.380 e. The van der Waals surface area contributed by atoms with Crippen molar-refractivity contribution in [1.82, 2.24) is 4.90 Å². The van der Waals surface area contributed by atoms with Gasteiger partial charge in [0.05, 0.1) is 6.10 Å². The van der Waals surface area contributed by atoms with Gasteiger partial charge in [0.1, 0.15) is 0 Å². The van der Waals surface area contributed by atoms with Crippen molar-refractivity contribution < 1.29 is 4.74 Å². The van der Waals surface area contributed by atoms with Crippen molar-refractivity contribution in [3.8, 4) is 0 Å². The van der Waals surface area contributed by atoms with Crippen LogP contribution in [0.5, 0.6) is 0 Å². The smallest absolute Gasteiger partial charge is 0.0710 e. The minimum atomic E-state index is 0.313. The Kier molecular flexibility index (Phi) is 2.55. The molecular formula is C9H19NO. The molecular weight excluding hydrogens is 138 g/mol. The Morgan fingerprint density at radius 3 is 2.27 bits per heavy atom. The van der Waals surface area contributed by atoms with Crippen LogP contribution in [0.1, 0.15) is 27.2 Å². The van der Waals surface area contributed by atoms with E-state index in [1.807, 2.05) is 0 Å². The maximum Gasteiger partial charge on any atom is 0.0710 e. The Bertz CT molecular complexity index is 128. The van der Waals surface area contributed by atoms with Gasteiger partial charge < -0.3 is 4.74 Å². The summed E-state index contributed by atoms with van der Waals surface area (Å²) < 4.78 is 5.29. The molecule has 0 N–H and O–H groups in total. The number of rotatable bonds is 1. The van der Waals surface area contributed by atoms with Gasteiger partial charge in [0, 0.05) is 25.7 Å². The molecule has 1 aliphatic heterocycles. The van der Waals surface area contributed by atoms with Gasteiger partial charge in [0.15, 0.2) is 0 Å². The molecule has 0 radical (unpaired) electrons. The monoisotopic (exact) mass is 157 g/mol. The molecule has 1 fully saturated rings. The fraction of sp³-hybridized carbons (Fsp3) is 1.00. The van der Waals surface area contributed by atoms with E-state index in [9.17, 15) is 0 Å². The van der Waals surface area contributed by atoms with Gasteiger partial charge in [-0.1, -0.05) is 0 Å². The van der Waals surface area contributed by atoms with Gasteiger partial charge in [-0.25, -0.2) is 0 Å². The van der Waals surface area contributed by atoms with Crippen molar-refractivity contribution in [3.05, 3.63) is 0 Å². The first-order valence-corrected chi connectivity index (χ1v) is 4.32. The van der Waals surface area contributed by atoms with Gasteiger partial charge in [-0.15, -0.1) is 0 Å². The van der Waals surface area contributed by atoms with Crippen molar-refractivity contribution in [2.24, 2.45) is 0 Å². The second-order valence-corrected chi connectivity index (χ2v) is 4.26. The molecule has 11 heavy (non-hydrogen) atoms. The first-order chi connectivity index (χ1) is 5.04. The molecule has 0 spiro atoms. The standard InChI is InChI=1S/C9H19NO/c1-9(2,3)10-6-5-8(7-10)11-4/h8H,5-7H2,1-4H3/t8-/m0/s1. The molecule has 1 saturated heterocycles. The minimum absolute atomic E-state index is 0.313. The fourth-order valence-electron chi connectivity index (χ4n) is 1.53. The minimum Gasteiger partial charge on any atom is -0.380 e. The zero-order valence-electron chi connectivity index (χ0n) is 8.05. The first kappa shape index (κ1) is 9.01. The van der Waals surface area contributed by atoms with E-state index < -0.39 is 0 Å². The summed E-state index contributed by atoms with van der Waals surface area (Å²) in [5.74, 6) is 0. The van der Waals surface area contributed by atoms with Crippen LogP contribution in [0.15, 0.2) is 0 Å². The molecule has 0 aromatic heterocycles. The Balaban J connectivity index is 2.42. The lowest BCUT2D eigenvalue weighted by molar-refractivity contribution is 0.0890. The topological polar surface area (TPSA) is 12.5 Å². The number of likely N-dealkylation sites (tertiary alicyclic amines) is 1. The van der Waals surface area contributed by atoms with Gasteiger partial charge in [-0.2, -0.15) is 0 Å². The third-order valence-corrected chi connectivity index (χ3v) is 2.43. The summed E-state index contributed by atoms with van der Waals surface area (Å²) in [6, 6.07) is 0. The average Bonchev–Trinajstić information content (AvgIpc) is 2.32. The van der Waals surface area contributed by atoms with Crippen molar-refractivity contribution in [1.29, 1.82) is 0 Å². The normalized spacial score (nSPS) is 27.8. The molecule has 1 atom stereocenters. The van der Waals surface area contributed by atoms with Crippen LogP contribution in [0.3, 0.4) is 0 Å². The van der Waals surface area contributed by atoms with E-state index >= 15 is 0 Å². The van der Waals surface area contributed by atoms with E-state index in [-0.39, 0.29) is 0 Å². The zero-order valence-corrected chi connectivity index (χ0v) is 8.05. The van der Waals surface area contributed by atoms with Crippen LogP contribution >= 0.6 is 0 Å². The molecule has 1 aliphatic rings. The third kappa shape index (κ3) is 2.17. The van der Waals surface area contributed by atoms with E-state index in [0.29, 0.717) is 11.6 Å². The number of ether oxygens (including phenoxy) is 1. The van der Waals surface area contributed by atoms with Gasteiger partial charge in [0.2, 0.25) is 0 Å². The van der Waals surface area contributed by atoms with Crippen LogP contribution < -0.4 is 0 Å². The molecule has 0 bridgehead atoms. The highest BCUT2D eigenvalue weighted by atomic mass is 16.5. The lowest BCUT2D eigenvalue weighted by Gasteiger charge is -2.31. The summed E-state index contributed by atoms with van der Waals surface area (Å²) in [6.45, 7) is 9.04. The Morgan fingerprint density at radius 1 is 1.36 bits per heavy atom. The van der Waals surface area contributed by atoms with Crippen LogP contribution in [0.2, 0.25) is 0 Å². The lowest BCUT2D eigenvalue weighted by Crippen LogP contribution is -2.40. The quantitative estimate of drug-likeness (QED) is 0.572. The summed E-state index contributed by atoms with van der Waals surface area (Å²) in [5.41, 5.74) is 0.313. The maximum atomic E-state index is 5.29. The van der Waals surface area contributed by atoms with Crippen molar-refractivity contribution >= 4 is 0 Å². The number of methoxy groups -OCH3 is 1. The van der Waals surface area contributed by atoms with Crippen LogP contribution in [0, 0.1) is 0 Å². The average molecular weight is 157 g/mol. The maximum absolute atomic E-state index is 5.29. The molecule has 0 aliphatic carbocycles. The van der Waals surface area contributed by atoms with Crippen LogP contribution in [0.4, 0.5) is 0 Å². The summed E-state index contributed by atoms with van der Waals surface area (Å²) in [4.78, 5) is 2.47. The number of nitrogens with zero attached hydrogens (tertiary/aromatic N) is 1. The molecule has 2 heteroatoms. The van der Waals surface area contributed by atoms with E-state index in [1.54, 1.807) is 7.11 Å². The van der Waals surface area contributed by atoms with E-state index in [2.05, 4.69) is 25.7 Å². The molecule has 1 heterocycles. The van der Waals surface area contributed by atoms with Crippen LogP contribution in [-0.2, 0) is 4.74 Å². The van der Waals surface area contributed by atoms with E-state index in [1.165, 1.54) is 13.0 Å². The highest BCUT2D eigenvalue weighted by Crippen LogP contribution is 2.21. The van der Waals surface area contributed by atoms with E-state index in [0.717, 1.165) is 6.54 Å². The first-order valence-electron chi connectivity index (χ1n) is 4.32. The fourth-order valence-corrected chi connectivity index (χ4v) is 1.53. The molecule has 0 aromatic rings. The molecule has 66 valence electrons. The summed E-state index contributed by atoms with van der Waals surface area (Å²) in [7, 11) is 1.80. The molecule has 0 unspecified atom stereocenters. The van der Waals surface area contributed by atoms with Crippen molar-refractivity contribution in [2.75, 3.05) is 20.2 Å². The predicted octanol–water partition coefficient (Wildman–Crippen LogP) is 1.51. The van der Waals surface area contributed by atoms with Gasteiger partial charge in [-0.3, -0.25) is 4.90 Å². The SMILES string of the molecule is CO[C@H]1CCN(C(C)(C)C)C1.